The standard InChI is InChI=1S/C13H22N2O4/c1-4-6-8-7-15(9(5-2)11(14)16)12(17)10(8)13(18)19-3/h8-10H,4-7H2,1-3H3,(H2,14,16)/t8-,9-,10?/m0/s1. The molecule has 1 aliphatic rings. The number of carbonyl (C=O) groups is 3. The van der Waals surface area contributed by atoms with E-state index in [0.717, 1.165) is 12.8 Å². The first-order chi connectivity index (χ1) is 8.97. The first-order valence-electron chi connectivity index (χ1n) is 6.65. The van der Waals surface area contributed by atoms with Crippen LogP contribution in [0.1, 0.15) is 33.1 Å². The predicted molar refractivity (Wildman–Crippen MR) is 68.9 cm³/mol. The van der Waals surface area contributed by atoms with E-state index in [-0.39, 0.29) is 11.8 Å². The molecular formula is C13H22N2O4. The predicted octanol–water partition coefficient (Wildman–Crippen LogP) is 0.298. The van der Waals surface area contributed by atoms with Crippen LogP contribution in [-0.2, 0) is 19.1 Å². The molecule has 1 saturated heterocycles. The number of carbonyl (C=O) groups excluding carboxylic acids is 3. The Hall–Kier alpha value is -1.59. The third-order valence-corrected chi connectivity index (χ3v) is 3.66. The summed E-state index contributed by atoms with van der Waals surface area (Å²) in [5, 5.41) is 0. The summed E-state index contributed by atoms with van der Waals surface area (Å²) in [6.45, 7) is 4.18. The van der Waals surface area contributed by atoms with Crippen molar-refractivity contribution < 1.29 is 19.1 Å². The van der Waals surface area contributed by atoms with Crippen LogP contribution in [0.25, 0.3) is 0 Å². The number of methoxy groups -OCH3 is 1. The number of likely N-dealkylation sites (tertiary alicyclic amines) is 1. The van der Waals surface area contributed by atoms with Crippen LogP contribution >= 0.6 is 0 Å². The molecule has 1 unspecified atom stereocenters. The smallest absolute Gasteiger partial charge is 0.318 e. The second-order valence-corrected chi connectivity index (χ2v) is 4.87. The van der Waals surface area contributed by atoms with Gasteiger partial charge in [0.15, 0.2) is 0 Å². The van der Waals surface area contributed by atoms with Gasteiger partial charge in [-0.1, -0.05) is 20.3 Å². The minimum absolute atomic E-state index is 0.0988. The monoisotopic (exact) mass is 270 g/mol. The van der Waals surface area contributed by atoms with E-state index in [1.165, 1.54) is 12.0 Å². The molecule has 0 bridgehead atoms. The number of rotatable bonds is 6. The summed E-state index contributed by atoms with van der Waals surface area (Å²) in [5.74, 6) is -2.28. The second-order valence-electron chi connectivity index (χ2n) is 4.87. The molecule has 0 aromatic rings. The molecule has 6 heteroatoms. The Balaban J connectivity index is 2.97. The zero-order chi connectivity index (χ0) is 14.6. The molecule has 2 N–H and O–H groups in total. The van der Waals surface area contributed by atoms with Crippen LogP contribution in [-0.4, -0.2) is 42.4 Å². The van der Waals surface area contributed by atoms with Gasteiger partial charge in [-0.25, -0.2) is 0 Å². The Morgan fingerprint density at radius 3 is 2.53 bits per heavy atom. The minimum atomic E-state index is -0.793. The zero-order valence-electron chi connectivity index (χ0n) is 11.7. The molecule has 0 spiro atoms. The van der Waals surface area contributed by atoms with E-state index in [9.17, 15) is 14.4 Å². The highest BCUT2D eigenvalue weighted by molar-refractivity contribution is 6.01. The van der Waals surface area contributed by atoms with Gasteiger partial charge in [0.2, 0.25) is 11.8 Å². The fourth-order valence-electron chi connectivity index (χ4n) is 2.73. The highest BCUT2D eigenvalue weighted by Crippen LogP contribution is 2.31. The van der Waals surface area contributed by atoms with E-state index in [1.54, 1.807) is 6.92 Å². The van der Waals surface area contributed by atoms with Gasteiger partial charge in [0, 0.05) is 6.54 Å². The summed E-state index contributed by atoms with van der Waals surface area (Å²) in [6, 6.07) is -0.637. The average molecular weight is 270 g/mol. The lowest BCUT2D eigenvalue weighted by Crippen LogP contribution is -2.46. The highest BCUT2D eigenvalue weighted by Gasteiger charge is 2.47. The van der Waals surface area contributed by atoms with Gasteiger partial charge in [-0.15, -0.1) is 0 Å². The molecule has 6 nitrogen and oxygen atoms in total. The molecule has 1 heterocycles. The molecule has 108 valence electrons. The quantitative estimate of drug-likeness (QED) is 0.555. The molecule has 1 aliphatic heterocycles. The number of nitrogens with zero attached hydrogens (tertiary/aromatic N) is 1. The van der Waals surface area contributed by atoms with Gasteiger partial charge in [-0.2, -0.15) is 0 Å². The van der Waals surface area contributed by atoms with Crippen molar-refractivity contribution in [2.75, 3.05) is 13.7 Å². The van der Waals surface area contributed by atoms with E-state index >= 15 is 0 Å². The van der Waals surface area contributed by atoms with E-state index in [1.807, 2.05) is 6.92 Å². The lowest BCUT2D eigenvalue weighted by atomic mass is 9.91. The molecular weight excluding hydrogens is 248 g/mol. The maximum atomic E-state index is 12.3. The summed E-state index contributed by atoms with van der Waals surface area (Å²) in [6.07, 6.45) is 2.07. The molecule has 0 radical (unpaired) electrons. The number of amides is 2. The van der Waals surface area contributed by atoms with Crippen molar-refractivity contribution in [3.05, 3.63) is 0 Å². The first kappa shape index (κ1) is 15.5. The van der Waals surface area contributed by atoms with Crippen LogP contribution in [0.2, 0.25) is 0 Å². The third kappa shape index (κ3) is 3.05. The van der Waals surface area contributed by atoms with Crippen LogP contribution in [0, 0.1) is 11.8 Å². The molecule has 0 aromatic carbocycles. The molecule has 3 atom stereocenters. The van der Waals surface area contributed by atoms with Crippen LogP contribution in [0.5, 0.6) is 0 Å². The van der Waals surface area contributed by atoms with Crippen LogP contribution in [0.4, 0.5) is 0 Å². The number of ether oxygens (including phenoxy) is 1. The minimum Gasteiger partial charge on any atom is -0.468 e. The summed E-state index contributed by atoms with van der Waals surface area (Å²) >= 11 is 0. The fourth-order valence-corrected chi connectivity index (χ4v) is 2.73. The molecule has 0 aliphatic carbocycles. The third-order valence-electron chi connectivity index (χ3n) is 3.66. The normalized spacial score (nSPS) is 24.4. The van der Waals surface area contributed by atoms with E-state index in [4.69, 9.17) is 10.5 Å². The maximum absolute atomic E-state index is 12.3. The van der Waals surface area contributed by atoms with Gasteiger partial charge in [0.05, 0.1) is 7.11 Å². The van der Waals surface area contributed by atoms with Crippen molar-refractivity contribution in [1.29, 1.82) is 0 Å². The Kier molecular flexibility index (Phi) is 5.32. The van der Waals surface area contributed by atoms with Crippen LogP contribution < -0.4 is 5.73 Å². The molecule has 2 amide bonds. The highest BCUT2D eigenvalue weighted by atomic mass is 16.5. The zero-order valence-corrected chi connectivity index (χ0v) is 11.7. The van der Waals surface area contributed by atoms with Crippen molar-refractivity contribution in [2.45, 2.75) is 39.2 Å². The number of hydrogen-bond donors (Lipinski definition) is 1. The van der Waals surface area contributed by atoms with Gasteiger partial charge in [0.25, 0.3) is 0 Å². The lowest BCUT2D eigenvalue weighted by molar-refractivity contribution is -0.153. The van der Waals surface area contributed by atoms with Crippen molar-refractivity contribution in [1.82, 2.24) is 4.90 Å². The first-order valence-corrected chi connectivity index (χ1v) is 6.65. The molecule has 1 rings (SSSR count). The average Bonchev–Trinajstić information content (AvgIpc) is 2.67. The Morgan fingerprint density at radius 1 is 1.47 bits per heavy atom. The van der Waals surface area contributed by atoms with Crippen molar-refractivity contribution in [2.24, 2.45) is 17.6 Å². The molecule has 0 aromatic heterocycles. The van der Waals surface area contributed by atoms with E-state index < -0.39 is 23.8 Å². The van der Waals surface area contributed by atoms with Crippen molar-refractivity contribution in [3.8, 4) is 0 Å². The van der Waals surface area contributed by atoms with Crippen LogP contribution in [0.3, 0.4) is 0 Å². The molecule has 19 heavy (non-hydrogen) atoms. The molecule has 1 fully saturated rings. The summed E-state index contributed by atoms with van der Waals surface area (Å²) in [7, 11) is 1.27. The number of esters is 1. The second kappa shape index (κ2) is 6.54. The summed E-state index contributed by atoms with van der Waals surface area (Å²) < 4.78 is 4.70. The van der Waals surface area contributed by atoms with Gasteiger partial charge >= 0.3 is 5.97 Å². The SMILES string of the molecule is CCC[C@H]1CN([C@@H](CC)C(N)=O)C(=O)C1C(=O)OC. The number of nitrogens with two attached hydrogens (primary N) is 1. The van der Waals surface area contributed by atoms with Gasteiger partial charge < -0.3 is 15.4 Å². The van der Waals surface area contributed by atoms with Crippen LogP contribution in [0.15, 0.2) is 0 Å². The number of primary amides is 1. The van der Waals surface area contributed by atoms with Gasteiger partial charge in [-0.05, 0) is 18.8 Å². The lowest BCUT2D eigenvalue weighted by Gasteiger charge is -2.24. The maximum Gasteiger partial charge on any atom is 0.318 e. The van der Waals surface area contributed by atoms with E-state index in [0.29, 0.717) is 13.0 Å². The molecule has 0 saturated carbocycles. The topological polar surface area (TPSA) is 89.7 Å². The van der Waals surface area contributed by atoms with Gasteiger partial charge in [0.1, 0.15) is 12.0 Å². The van der Waals surface area contributed by atoms with Crippen molar-refractivity contribution in [3.63, 3.8) is 0 Å². The van der Waals surface area contributed by atoms with Crippen molar-refractivity contribution >= 4 is 17.8 Å². The van der Waals surface area contributed by atoms with E-state index in [2.05, 4.69) is 0 Å². The Labute approximate surface area is 113 Å². The fraction of sp³-hybridized carbons (Fsp3) is 0.769. The number of hydrogen-bond acceptors (Lipinski definition) is 4. The Morgan fingerprint density at radius 2 is 2.11 bits per heavy atom. The largest absolute Gasteiger partial charge is 0.468 e. The Bertz CT molecular complexity index is 370. The summed E-state index contributed by atoms with van der Waals surface area (Å²) in [5.41, 5.74) is 5.31. The summed E-state index contributed by atoms with van der Waals surface area (Å²) in [4.78, 5) is 36.9. The van der Waals surface area contributed by atoms with Gasteiger partial charge in [-0.3, -0.25) is 14.4 Å².